The van der Waals surface area contributed by atoms with Crippen LogP contribution in [0.2, 0.25) is 5.02 Å². The first-order valence-electron chi connectivity index (χ1n) is 5.85. The Kier molecular flexibility index (Phi) is 7.35. The summed E-state index contributed by atoms with van der Waals surface area (Å²) < 4.78 is 10.1. The molecular weight excluding hydrogens is 272 g/mol. The van der Waals surface area contributed by atoms with E-state index in [0.29, 0.717) is 37.9 Å². The number of nitro groups is 1. The van der Waals surface area contributed by atoms with Crippen molar-refractivity contribution in [3.05, 3.63) is 38.9 Å². The van der Waals surface area contributed by atoms with E-state index >= 15 is 0 Å². The number of hydrogen-bond donors (Lipinski definition) is 1. The van der Waals surface area contributed by atoms with Crippen LogP contribution in [0.3, 0.4) is 0 Å². The predicted octanol–water partition coefficient (Wildman–Crippen LogP) is 2.00. The number of non-ortho nitro benzene ring substituents is 1. The molecule has 0 saturated carbocycles. The van der Waals surface area contributed by atoms with Crippen molar-refractivity contribution < 1.29 is 14.4 Å². The lowest BCUT2D eigenvalue weighted by Crippen LogP contribution is -2.20. The fourth-order valence-electron chi connectivity index (χ4n) is 1.40. The molecule has 1 aromatic rings. The molecule has 7 heteroatoms. The van der Waals surface area contributed by atoms with Gasteiger partial charge in [-0.3, -0.25) is 10.1 Å². The van der Waals surface area contributed by atoms with E-state index in [9.17, 15) is 10.1 Å². The minimum Gasteiger partial charge on any atom is -0.382 e. The van der Waals surface area contributed by atoms with Crippen LogP contribution in [0.25, 0.3) is 0 Å². The van der Waals surface area contributed by atoms with Crippen LogP contribution in [-0.4, -0.2) is 38.4 Å². The average molecular weight is 289 g/mol. The van der Waals surface area contributed by atoms with Gasteiger partial charge in [-0.05, 0) is 11.6 Å². The van der Waals surface area contributed by atoms with Crippen molar-refractivity contribution in [1.82, 2.24) is 5.32 Å². The van der Waals surface area contributed by atoms with E-state index in [1.54, 1.807) is 13.2 Å². The fraction of sp³-hybridized carbons (Fsp3) is 0.500. The summed E-state index contributed by atoms with van der Waals surface area (Å²) in [5, 5.41) is 14.1. The van der Waals surface area contributed by atoms with Crippen LogP contribution in [0.1, 0.15) is 5.56 Å². The normalized spacial score (nSPS) is 10.6. The van der Waals surface area contributed by atoms with Crippen molar-refractivity contribution >= 4 is 17.3 Å². The maximum absolute atomic E-state index is 10.6. The molecule has 0 aliphatic rings. The molecule has 19 heavy (non-hydrogen) atoms. The molecular formula is C12H17ClN2O4. The maximum Gasteiger partial charge on any atom is 0.270 e. The van der Waals surface area contributed by atoms with Gasteiger partial charge in [-0.25, -0.2) is 0 Å². The van der Waals surface area contributed by atoms with Crippen LogP contribution in [-0.2, 0) is 16.0 Å². The molecule has 1 rings (SSSR count). The van der Waals surface area contributed by atoms with E-state index in [1.807, 2.05) is 0 Å². The summed E-state index contributed by atoms with van der Waals surface area (Å²) in [5.74, 6) is 0. The van der Waals surface area contributed by atoms with Gasteiger partial charge in [0.05, 0.1) is 29.8 Å². The van der Waals surface area contributed by atoms with Gasteiger partial charge in [-0.1, -0.05) is 11.6 Å². The van der Waals surface area contributed by atoms with Crippen LogP contribution < -0.4 is 5.32 Å². The van der Waals surface area contributed by atoms with Crippen LogP contribution in [0, 0.1) is 10.1 Å². The molecule has 0 aliphatic carbocycles. The summed E-state index contributed by atoms with van der Waals surface area (Å²) in [5.41, 5.74) is 0.820. The van der Waals surface area contributed by atoms with E-state index in [2.05, 4.69) is 5.32 Å². The van der Waals surface area contributed by atoms with Crippen molar-refractivity contribution in [3.8, 4) is 0 Å². The minimum atomic E-state index is -0.466. The number of nitrogens with zero attached hydrogens (tertiary/aromatic N) is 1. The minimum absolute atomic E-state index is 0.00310. The molecule has 0 radical (unpaired) electrons. The summed E-state index contributed by atoms with van der Waals surface area (Å²) in [6, 6.07) is 4.45. The number of nitro benzene ring substituents is 1. The summed E-state index contributed by atoms with van der Waals surface area (Å²) >= 11 is 5.96. The quantitative estimate of drug-likeness (QED) is 0.427. The zero-order valence-electron chi connectivity index (χ0n) is 10.7. The number of ether oxygens (including phenoxy) is 2. The van der Waals surface area contributed by atoms with Crippen LogP contribution in [0.4, 0.5) is 5.69 Å². The largest absolute Gasteiger partial charge is 0.382 e. The zero-order valence-corrected chi connectivity index (χ0v) is 11.5. The second kappa shape index (κ2) is 8.82. The van der Waals surface area contributed by atoms with Crippen LogP contribution >= 0.6 is 11.6 Å². The number of rotatable bonds is 9. The first kappa shape index (κ1) is 15.8. The molecule has 0 amide bonds. The highest BCUT2D eigenvalue weighted by atomic mass is 35.5. The monoisotopic (exact) mass is 288 g/mol. The van der Waals surface area contributed by atoms with Gasteiger partial charge in [0.2, 0.25) is 0 Å². The van der Waals surface area contributed by atoms with Crippen LogP contribution in [0.15, 0.2) is 18.2 Å². The van der Waals surface area contributed by atoms with Gasteiger partial charge in [0.25, 0.3) is 5.69 Å². The number of halogens is 1. The second-order valence-corrected chi connectivity index (χ2v) is 4.22. The molecule has 0 bridgehead atoms. The Morgan fingerprint density at radius 1 is 1.37 bits per heavy atom. The Labute approximate surface area is 116 Å². The molecule has 6 nitrogen and oxygen atoms in total. The molecule has 0 saturated heterocycles. The van der Waals surface area contributed by atoms with Gasteiger partial charge in [0.1, 0.15) is 0 Å². The fourth-order valence-corrected chi connectivity index (χ4v) is 1.65. The van der Waals surface area contributed by atoms with Gasteiger partial charge in [0, 0.05) is 32.3 Å². The van der Waals surface area contributed by atoms with Gasteiger partial charge in [-0.2, -0.15) is 0 Å². The Balaban J connectivity index is 2.28. The number of hydrogen-bond acceptors (Lipinski definition) is 5. The van der Waals surface area contributed by atoms with Crippen molar-refractivity contribution in [1.29, 1.82) is 0 Å². The lowest BCUT2D eigenvalue weighted by atomic mass is 10.2. The third-order valence-corrected chi connectivity index (χ3v) is 2.77. The van der Waals surface area contributed by atoms with Gasteiger partial charge >= 0.3 is 0 Å². The Morgan fingerprint density at radius 3 is 2.79 bits per heavy atom. The standard InChI is InChI=1S/C12H17ClN2O4/c1-18-6-7-19-5-4-14-9-10-2-3-11(15(16)17)8-12(10)13/h2-3,8,14H,4-7,9H2,1H3. The highest BCUT2D eigenvalue weighted by Crippen LogP contribution is 2.22. The summed E-state index contributed by atoms with van der Waals surface area (Å²) in [7, 11) is 1.62. The Hall–Kier alpha value is -1.21. The Bertz CT molecular complexity index is 415. The van der Waals surface area contributed by atoms with Gasteiger partial charge in [-0.15, -0.1) is 0 Å². The average Bonchev–Trinajstić information content (AvgIpc) is 2.39. The maximum atomic E-state index is 10.6. The lowest BCUT2D eigenvalue weighted by Gasteiger charge is -2.07. The lowest BCUT2D eigenvalue weighted by molar-refractivity contribution is -0.384. The number of benzene rings is 1. The van der Waals surface area contributed by atoms with Crippen molar-refractivity contribution in [2.75, 3.05) is 33.5 Å². The summed E-state index contributed by atoms with van der Waals surface area (Å²) in [6.07, 6.45) is 0. The van der Waals surface area contributed by atoms with Crippen molar-refractivity contribution in [2.24, 2.45) is 0 Å². The van der Waals surface area contributed by atoms with E-state index in [0.717, 1.165) is 5.56 Å². The molecule has 1 aromatic carbocycles. The smallest absolute Gasteiger partial charge is 0.270 e. The van der Waals surface area contributed by atoms with Crippen molar-refractivity contribution in [3.63, 3.8) is 0 Å². The van der Waals surface area contributed by atoms with Crippen LogP contribution in [0.5, 0.6) is 0 Å². The highest BCUT2D eigenvalue weighted by molar-refractivity contribution is 6.31. The molecule has 0 spiro atoms. The first-order chi connectivity index (χ1) is 9.15. The predicted molar refractivity (Wildman–Crippen MR) is 72.5 cm³/mol. The van der Waals surface area contributed by atoms with Gasteiger partial charge < -0.3 is 14.8 Å². The first-order valence-corrected chi connectivity index (χ1v) is 6.23. The number of methoxy groups -OCH3 is 1. The molecule has 1 N–H and O–H groups in total. The Morgan fingerprint density at radius 2 is 2.16 bits per heavy atom. The van der Waals surface area contributed by atoms with E-state index in [4.69, 9.17) is 21.1 Å². The molecule has 0 fully saturated rings. The highest BCUT2D eigenvalue weighted by Gasteiger charge is 2.08. The third-order valence-electron chi connectivity index (χ3n) is 2.42. The molecule has 106 valence electrons. The van der Waals surface area contributed by atoms with E-state index in [-0.39, 0.29) is 5.69 Å². The van der Waals surface area contributed by atoms with Crippen molar-refractivity contribution in [2.45, 2.75) is 6.54 Å². The molecule has 0 aromatic heterocycles. The SMILES string of the molecule is COCCOCCNCc1ccc([N+](=O)[O-])cc1Cl. The zero-order chi connectivity index (χ0) is 14.1. The molecule has 0 unspecified atom stereocenters. The molecule has 0 atom stereocenters. The molecule has 0 heterocycles. The topological polar surface area (TPSA) is 73.6 Å². The summed E-state index contributed by atoms with van der Waals surface area (Å²) in [4.78, 5) is 10.1. The molecule has 0 aliphatic heterocycles. The summed E-state index contributed by atoms with van der Waals surface area (Å²) in [6.45, 7) is 2.94. The third kappa shape index (κ3) is 5.98. The second-order valence-electron chi connectivity index (χ2n) is 3.81. The van der Waals surface area contributed by atoms with E-state index < -0.39 is 4.92 Å². The van der Waals surface area contributed by atoms with Gasteiger partial charge in [0.15, 0.2) is 0 Å². The van der Waals surface area contributed by atoms with E-state index in [1.165, 1.54) is 12.1 Å². The number of nitrogens with one attached hydrogen (secondary N) is 1.